The van der Waals surface area contributed by atoms with Gasteiger partial charge in [0, 0.05) is 24.8 Å². The summed E-state index contributed by atoms with van der Waals surface area (Å²) in [6.07, 6.45) is 2.61. The van der Waals surface area contributed by atoms with Crippen molar-refractivity contribution in [2.45, 2.75) is 25.2 Å². The standard InChI is InChI=1S/C19H24N4O4S/c1-13-10-14(2)12-23(11-13)28(26,27)16-7-5-15(6-8-16)18(24)21-22-19(25)17-4-3-9-20-17/h3-9,13-14,20H,10-12H2,1-2H3,(H,21,24)(H,22,25)/t13-,14-/m1/s1. The molecule has 8 nitrogen and oxygen atoms in total. The predicted octanol–water partition coefficient (Wildman–Crippen LogP) is 1.76. The molecule has 0 saturated carbocycles. The fraction of sp³-hybridized carbons (Fsp3) is 0.368. The number of aromatic nitrogens is 1. The Bertz CT molecular complexity index is 929. The lowest BCUT2D eigenvalue weighted by molar-refractivity contribution is 0.0844. The van der Waals surface area contributed by atoms with Crippen molar-refractivity contribution in [3.8, 4) is 0 Å². The third-order valence-corrected chi connectivity index (χ3v) is 6.57. The van der Waals surface area contributed by atoms with Gasteiger partial charge >= 0.3 is 0 Å². The summed E-state index contributed by atoms with van der Waals surface area (Å²) in [5, 5.41) is 0. The fourth-order valence-electron chi connectivity index (χ4n) is 3.45. The molecule has 2 atom stereocenters. The first-order valence-electron chi connectivity index (χ1n) is 9.11. The number of H-pyrrole nitrogens is 1. The summed E-state index contributed by atoms with van der Waals surface area (Å²) in [5.41, 5.74) is 5.15. The maximum atomic E-state index is 12.9. The SMILES string of the molecule is C[C@@H]1C[C@@H](C)CN(S(=O)(=O)c2ccc(C(=O)NNC(=O)c3ccc[nH]3)cc2)C1. The van der Waals surface area contributed by atoms with Gasteiger partial charge in [-0.05, 0) is 54.7 Å². The van der Waals surface area contributed by atoms with Crippen LogP contribution >= 0.6 is 0 Å². The Morgan fingerprint density at radius 3 is 2.18 bits per heavy atom. The highest BCUT2D eigenvalue weighted by atomic mass is 32.2. The van der Waals surface area contributed by atoms with Crippen molar-refractivity contribution < 1.29 is 18.0 Å². The number of piperidine rings is 1. The van der Waals surface area contributed by atoms with E-state index in [2.05, 4.69) is 15.8 Å². The van der Waals surface area contributed by atoms with Gasteiger partial charge in [0.15, 0.2) is 0 Å². The number of carbonyl (C=O) groups excluding carboxylic acids is 2. The van der Waals surface area contributed by atoms with Gasteiger partial charge in [0.2, 0.25) is 10.0 Å². The number of sulfonamides is 1. The molecule has 0 radical (unpaired) electrons. The average molecular weight is 404 g/mol. The number of amides is 2. The number of rotatable bonds is 4. The number of benzene rings is 1. The Kier molecular flexibility index (Phi) is 5.85. The second-order valence-electron chi connectivity index (χ2n) is 7.28. The number of nitrogens with one attached hydrogen (secondary N) is 3. The van der Waals surface area contributed by atoms with E-state index < -0.39 is 21.8 Å². The van der Waals surface area contributed by atoms with Gasteiger partial charge in [0.25, 0.3) is 11.8 Å². The minimum absolute atomic E-state index is 0.153. The smallest absolute Gasteiger partial charge is 0.286 e. The van der Waals surface area contributed by atoms with Gasteiger partial charge in [-0.15, -0.1) is 0 Å². The van der Waals surface area contributed by atoms with E-state index in [-0.39, 0.29) is 10.5 Å². The number of carbonyl (C=O) groups is 2. The van der Waals surface area contributed by atoms with E-state index in [9.17, 15) is 18.0 Å². The highest BCUT2D eigenvalue weighted by molar-refractivity contribution is 7.89. The molecule has 2 heterocycles. The molecule has 2 aromatic rings. The van der Waals surface area contributed by atoms with Crippen molar-refractivity contribution >= 4 is 21.8 Å². The number of nitrogens with zero attached hydrogens (tertiary/aromatic N) is 1. The number of hydrogen-bond acceptors (Lipinski definition) is 4. The van der Waals surface area contributed by atoms with Crippen molar-refractivity contribution in [1.29, 1.82) is 0 Å². The molecule has 0 bridgehead atoms. The van der Waals surface area contributed by atoms with Gasteiger partial charge < -0.3 is 4.98 Å². The molecular weight excluding hydrogens is 380 g/mol. The van der Waals surface area contributed by atoms with Crippen molar-refractivity contribution in [3.63, 3.8) is 0 Å². The molecule has 0 spiro atoms. The summed E-state index contributed by atoms with van der Waals surface area (Å²) in [4.78, 5) is 26.9. The quantitative estimate of drug-likeness (QED) is 0.674. The molecular formula is C19H24N4O4S. The Hall–Kier alpha value is -2.65. The van der Waals surface area contributed by atoms with Crippen LogP contribution in [0.1, 0.15) is 41.1 Å². The topological polar surface area (TPSA) is 111 Å². The highest BCUT2D eigenvalue weighted by Gasteiger charge is 2.31. The summed E-state index contributed by atoms with van der Waals surface area (Å²) in [5.74, 6) is -0.395. The molecule has 2 amide bonds. The van der Waals surface area contributed by atoms with E-state index >= 15 is 0 Å². The van der Waals surface area contributed by atoms with Crippen LogP contribution in [0.2, 0.25) is 0 Å². The van der Waals surface area contributed by atoms with Gasteiger partial charge in [-0.2, -0.15) is 4.31 Å². The molecule has 3 rings (SSSR count). The molecule has 1 saturated heterocycles. The normalized spacial score (nSPS) is 20.5. The lowest BCUT2D eigenvalue weighted by Gasteiger charge is -2.34. The van der Waals surface area contributed by atoms with Crippen LogP contribution in [0.4, 0.5) is 0 Å². The molecule has 1 aliphatic rings. The Labute approximate surface area is 164 Å². The average Bonchev–Trinajstić information content (AvgIpc) is 3.20. The number of aromatic amines is 1. The van der Waals surface area contributed by atoms with Gasteiger partial charge in [0.1, 0.15) is 5.69 Å². The summed E-state index contributed by atoms with van der Waals surface area (Å²) >= 11 is 0. The van der Waals surface area contributed by atoms with Crippen LogP contribution in [0.25, 0.3) is 0 Å². The monoisotopic (exact) mass is 404 g/mol. The zero-order chi connectivity index (χ0) is 20.3. The fourth-order valence-corrected chi connectivity index (χ4v) is 5.13. The lowest BCUT2D eigenvalue weighted by Crippen LogP contribution is -2.42. The zero-order valence-corrected chi connectivity index (χ0v) is 16.6. The molecule has 150 valence electrons. The Morgan fingerprint density at radius 2 is 1.61 bits per heavy atom. The molecule has 1 aliphatic heterocycles. The molecule has 1 fully saturated rings. The minimum atomic E-state index is -3.60. The molecule has 1 aromatic carbocycles. The Balaban J connectivity index is 1.65. The van der Waals surface area contributed by atoms with E-state index in [1.165, 1.54) is 28.6 Å². The second-order valence-corrected chi connectivity index (χ2v) is 9.22. The third-order valence-electron chi connectivity index (χ3n) is 4.72. The summed E-state index contributed by atoms with van der Waals surface area (Å²) in [6.45, 7) is 5.10. The first-order chi connectivity index (χ1) is 13.3. The van der Waals surface area contributed by atoms with Crippen molar-refractivity contribution in [2.24, 2.45) is 11.8 Å². The first kappa shape index (κ1) is 20.1. The Morgan fingerprint density at radius 1 is 1.00 bits per heavy atom. The molecule has 9 heteroatoms. The van der Waals surface area contributed by atoms with Crippen LogP contribution < -0.4 is 10.9 Å². The number of hydrazine groups is 1. The van der Waals surface area contributed by atoms with E-state index in [1.807, 2.05) is 13.8 Å². The maximum Gasteiger partial charge on any atom is 0.286 e. The summed E-state index contributed by atoms with van der Waals surface area (Å²) < 4.78 is 27.3. The molecule has 0 unspecified atom stereocenters. The molecule has 3 N–H and O–H groups in total. The van der Waals surface area contributed by atoms with Gasteiger partial charge in [-0.25, -0.2) is 8.42 Å². The lowest BCUT2D eigenvalue weighted by atomic mass is 9.94. The zero-order valence-electron chi connectivity index (χ0n) is 15.8. The molecule has 0 aliphatic carbocycles. The van der Waals surface area contributed by atoms with Gasteiger partial charge in [0.05, 0.1) is 4.90 Å². The second kappa shape index (κ2) is 8.15. The predicted molar refractivity (Wildman–Crippen MR) is 104 cm³/mol. The van der Waals surface area contributed by atoms with Crippen LogP contribution in [0.3, 0.4) is 0 Å². The van der Waals surface area contributed by atoms with E-state index in [0.717, 1.165) is 6.42 Å². The minimum Gasteiger partial charge on any atom is -0.357 e. The van der Waals surface area contributed by atoms with Gasteiger partial charge in [-0.3, -0.25) is 20.4 Å². The third kappa shape index (κ3) is 4.42. The van der Waals surface area contributed by atoms with Gasteiger partial charge in [-0.1, -0.05) is 13.8 Å². The van der Waals surface area contributed by atoms with Crippen LogP contribution in [0.15, 0.2) is 47.5 Å². The van der Waals surface area contributed by atoms with Crippen molar-refractivity contribution in [1.82, 2.24) is 20.1 Å². The van der Waals surface area contributed by atoms with Crippen molar-refractivity contribution in [2.75, 3.05) is 13.1 Å². The van der Waals surface area contributed by atoms with Crippen LogP contribution in [-0.4, -0.2) is 42.6 Å². The van der Waals surface area contributed by atoms with E-state index in [0.29, 0.717) is 30.6 Å². The summed E-state index contributed by atoms with van der Waals surface area (Å²) in [7, 11) is -3.60. The first-order valence-corrected chi connectivity index (χ1v) is 10.6. The van der Waals surface area contributed by atoms with E-state index in [4.69, 9.17) is 0 Å². The largest absolute Gasteiger partial charge is 0.357 e. The van der Waals surface area contributed by atoms with Crippen LogP contribution in [0, 0.1) is 11.8 Å². The van der Waals surface area contributed by atoms with Crippen molar-refractivity contribution in [3.05, 3.63) is 53.9 Å². The highest BCUT2D eigenvalue weighted by Crippen LogP contribution is 2.26. The molecule has 1 aromatic heterocycles. The van der Waals surface area contributed by atoms with Crippen LogP contribution in [-0.2, 0) is 10.0 Å². The number of hydrogen-bond donors (Lipinski definition) is 3. The van der Waals surface area contributed by atoms with Crippen LogP contribution in [0.5, 0.6) is 0 Å². The molecule has 28 heavy (non-hydrogen) atoms. The maximum absolute atomic E-state index is 12.9. The van der Waals surface area contributed by atoms with E-state index in [1.54, 1.807) is 18.3 Å². The summed E-state index contributed by atoms with van der Waals surface area (Å²) in [6, 6.07) is 8.94.